The van der Waals surface area contributed by atoms with Crippen LogP contribution in [-0.2, 0) is 40.1 Å². The van der Waals surface area contributed by atoms with Crippen LogP contribution in [0.3, 0.4) is 0 Å². The summed E-state index contributed by atoms with van der Waals surface area (Å²) in [5, 5.41) is 34.7. The smallest absolute Gasteiger partial charge is 0.215 e. The van der Waals surface area contributed by atoms with Crippen LogP contribution in [0.5, 0.6) is 0 Å². The van der Waals surface area contributed by atoms with Gasteiger partial charge in [0.05, 0.1) is 24.3 Å². The number of nitriles is 4. The Morgan fingerprint density at radius 2 is 0.690 bits per heavy atom. The number of rotatable bonds is 25. The lowest BCUT2D eigenvalue weighted by Gasteiger charge is -2.32. The van der Waals surface area contributed by atoms with Gasteiger partial charge in [0.25, 0.3) is 30.1 Å². The number of sulfonamides is 4. The zero-order chi connectivity index (χ0) is 32.2. The Hall–Kier alpha value is -2.40. The van der Waals surface area contributed by atoms with Gasteiger partial charge in [0.1, 0.15) is 5.75 Å². The maximum atomic E-state index is 13.7. The first-order chi connectivity index (χ1) is 19.7. The summed E-state index contributed by atoms with van der Waals surface area (Å²) < 4.78 is 112. The summed E-state index contributed by atoms with van der Waals surface area (Å²) in [5.41, 5.74) is 0. The zero-order valence-electron chi connectivity index (χ0n) is 23.2. The second kappa shape index (κ2) is 19.7. The average Bonchev–Trinajstić information content (AvgIpc) is 2.90. The largest absolute Gasteiger partial charge is 0.328 e. The molecule has 0 saturated heterocycles. The molecule has 0 aliphatic carbocycles. The van der Waals surface area contributed by atoms with Crippen LogP contribution in [0.4, 0.5) is 0 Å². The molecule has 42 heavy (non-hydrogen) atoms. The van der Waals surface area contributed by atoms with Gasteiger partial charge in [-0.25, -0.2) is 52.6 Å². The van der Waals surface area contributed by atoms with Crippen LogP contribution in [0.25, 0.3) is 0 Å². The second-order valence-electron chi connectivity index (χ2n) is 8.99. The van der Waals surface area contributed by atoms with Crippen LogP contribution in [0, 0.1) is 45.3 Å². The number of unbranched alkanes of at least 4 members (excludes halogenated alkanes) is 8. The van der Waals surface area contributed by atoms with E-state index in [9.17, 15) is 33.7 Å². The number of nitrogens with zero attached hydrogens (tertiary/aromatic N) is 4. The van der Waals surface area contributed by atoms with Crippen molar-refractivity contribution >= 4 is 40.1 Å². The highest BCUT2D eigenvalue weighted by Gasteiger charge is 2.67. The van der Waals surface area contributed by atoms with Crippen LogP contribution in [0.1, 0.15) is 77.0 Å². The minimum atomic E-state index is -5.55. The van der Waals surface area contributed by atoms with Gasteiger partial charge in [-0.15, -0.1) is 0 Å². The van der Waals surface area contributed by atoms with E-state index in [-0.39, 0.29) is 83.6 Å². The van der Waals surface area contributed by atoms with Gasteiger partial charge in [-0.2, -0.15) is 21.0 Å². The number of hydrogen-bond acceptors (Lipinski definition) is 12. The lowest BCUT2D eigenvalue weighted by atomic mass is 10.2. The summed E-state index contributed by atoms with van der Waals surface area (Å²) in [4.78, 5) is 0. The fraction of sp³-hybridized carbons (Fsp3) is 0.818. The van der Waals surface area contributed by atoms with Gasteiger partial charge >= 0.3 is 3.41 Å². The Morgan fingerprint density at radius 3 is 0.952 bits per heavy atom. The van der Waals surface area contributed by atoms with Crippen molar-refractivity contribution in [2.75, 3.05) is 31.9 Å². The molecular weight excluding hydrogens is 633 g/mol. The van der Waals surface area contributed by atoms with E-state index in [2.05, 4.69) is 0 Å². The highest BCUT2D eigenvalue weighted by Crippen LogP contribution is 2.32. The van der Waals surface area contributed by atoms with Crippen molar-refractivity contribution < 1.29 is 33.7 Å². The Kier molecular flexibility index (Phi) is 18.6. The third-order valence-electron chi connectivity index (χ3n) is 5.65. The van der Waals surface area contributed by atoms with E-state index in [1.807, 2.05) is 43.2 Å². The quantitative estimate of drug-likeness (QED) is 0.0941. The molecule has 0 heterocycles. The highest BCUT2D eigenvalue weighted by atomic mass is 32.3. The van der Waals surface area contributed by atoms with Gasteiger partial charge in [0, 0.05) is 51.9 Å². The summed E-state index contributed by atoms with van der Waals surface area (Å²) >= 11 is 0. The van der Waals surface area contributed by atoms with Gasteiger partial charge in [-0.1, -0.05) is 0 Å². The lowest BCUT2D eigenvalue weighted by Crippen LogP contribution is -2.67. The molecule has 20 heteroatoms. The first-order valence-electron chi connectivity index (χ1n) is 13.1. The molecule has 0 unspecified atom stereocenters. The molecule has 238 valence electrons. The number of hydrogen-bond donors (Lipinski definition) is 4. The zero-order valence-corrected chi connectivity index (χ0v) is 26.5. The second-order valence-corrected chi connectivity index (χ2v) is 17.6. The van der Waals surface area contributed by atoms with Gasteiger partial charge < -0.3 is 0 Å². The molecule has 0 aliphatic rings. The predicted octanol–water partition coefficient (Wildman–Crippen LogP) is 0.0933. The maximum Gasteiger partial charge on any atom is 0.328 e. The van der Waals surface area contributed by atoms with Crippen LogP contribution in [0.15, 0.2) is 0 Å². The summed E-state index contributed by atoms with van der Waals surface area (Å²) in [5.74, 6) is -1.92. The van der Waals surface area contributed by atoms with E-state index < -0.39 is 68.9 Å². The van der Waals surface area contributed by atoms with Gasteiger partial charge in [0.15, 0.2) is 0 Å². The van der Waals surface area contributed by atoms with Crippen molar-refractivity contribution in [1.29, 1.82) is 21.0 Å². The van der Waals surface area contributed by atoms with E-state index in [0.29, 0.717) is 0 Å². The molecule has 4 N–H and O–H groups in total. The van der Waals surface area contributed by atoms with E-state index in [0.717, 1.165) is 0 Å². The van der Waals surface area contributed by atoms with Crippen molar-refractivity contribution in [1.82, 2.24) is 18.9 Å². The highest BCUT2D eigenvalue weighted by molar-refractivity contribution is 8.25. The Labute approximate surface area is 249 Å². The number of nitrogens with one attached hydrogen (secondary N) is 4. The predicted molar refractivity (Wildman–Crippen MR) is 153 cm³/mol. The van der Waals surface area contributed by atoms with Crippen LogP contribution in [-0.4, -0.2) is 69.0 Å². The van der Waals surface area contributed by atoms with Crippen LogP contribution in [0.2, 0.25) is 0 Å². The molecule has 0 amide bonds. The molecule has 0 bridgehead atoms. The summed E-state index contributed by atoms with van der Waals surface area (Å²) in [6.45, 7) is -1.76. The minimum Gasteiger partial charge on any atom is -0.215 e. The van der Waals surface area contributed by atoms with Gasteiger partial charge in [-0.3, -0.25) is 0 Å². The summed E-state index contributed by atoms with van der Waals surface area (Å²) in [6.07, 6.45) is 1.31. The van der Waals surface area contributed by atoms with E-state index in [1.165, 1.54) is 0 Å². The minimum absolute atomic E-state index is 0.0238. The van der Waals surface area contributed by atoms with Crippen molar-refractivity contribution in [3.05, 3.63) is 0 Å². The van der Waals surface area contributed by atoms with Crippen molar-refractivity contribution in [3.8, 4) is 24.3 Å². The standard InChI is InChI=1S/C22H38N8O8S4/c23-13-5-1-9-17-27-39(31,32)21-22(40(33,34)28-18-10-2-6-14-24,41(35,36)29-19-11-3-7-15-25)42(37,38)30-20-12-4-8-16-26/h27-30H,1-12,17-21H2. The first kappa shape index (κ1) is 39.6. The van der Waals surface area contributed by atoms with Crippen molar-refractivity contribution in [2.45, 2.75) is 80.5 Å². The normalized spacial score (nSPS) is 12.6. The summed E-state index contributed by atoms with van der Waals surface area (Å²) in [6, 6.07) is 7.41. The van der Waals surface area contributed by atoms with E-state index in [4.69, 9.17) is 21.0 Å². The molecule has 0 aromatic carbocycles. The topological polar surface area (TPSA) is 280 Å². The Balaban J connectivity index is 6.81. The van der Waals surface area contributed by atoms with Crippen molar-refractivity contribution in [3.63, 3.8) is 0 Å². The average molecular weight is 671 g/mol. The molecule has 0 spiro atoms. The molecule has 0 aromatic rings. The van der Waals surface area contributed by atoms with E-state index in [1.54, 1.807) is 0 Å². The lowest BCUT2D eigenvalue weighted by molar-refractivity contribution is 0.526. The van der Waals surface area contributed by atoms with Crippen molar-refractivity contribution in [2.24, 2.45) is 0 Å². The molecule has 0 atom stereocenters. The SMILES string of the molecule is N#CCCCCNS(=O)(=O)CC(S(=O)(=O)NCCCCC#N)(S(=O)(=O)NCCCCC#N)S(=O)(=O)NCCCCC#N. The maximum absolute atomic E-state index is 13.7. The molecule has 0 radical (unpaired) electrons. The fourth-order valence-corrected chi connectivity index (χ4v) is 14.2. The first-order valence-corrected chi connectivity index (χ1v) is 19.2. The Bertz CT molecular complexity index is 1310. The van der Waals surface area contributed by atoms with Crippen LogP contribution < -0.4 is 18.9 Å². The summed E-state index contributed by atoms with van der Waals surface area (Å²) in [7, 11) is -21.6. The molecule has 0 rings (SSSR count). The molecule has 16 nitrogen and oxygen atoms in total. The van der Waals surface area contributed by atoms with E-state index >= 15 is 0 Å². The molecule has 0 aromatic heterocycles. The third kappa shape index (κ3) is 12.9. The molecule has 0 fully saturated rings. The van der Waals surface area contributed by atoms with Gasteiger partial charge in [0.2, 0.25) is 10.0 Å². The third-order valence-corrected chi connectivity index (χ3v) is 16.3. The monoisotopic (exact) mass is 670 g/mol. The fourth-order valence-electron chi connectivity index (χ4n) is 3.44. The Morgan fingerprint density at radius 1 is 0.429 bits per heavy atom. The van der Waals surface area contributed by atoms with Crippen LogP contribution >= 0.6 is 0 Å². The molecular formula is C22H38N8O8S4. The molecule has 0 saturated carbocycles. The molecule has 0 aliphatic heterocycles. The van der Waals surface area contributed by atoms with Gasteiger partial charge in [-0.05, 0) is 51.4 Å².